The molecule has 0 aromatic heterocycles. The molecule has 1 aliphatic rings. The Morgan fingerprint density at radius 3 is 2.47 bits per heavy atom. The van der Waals surface area contributed by atoms with E-state index in [1.165, 1.54) is 0 Å². The molecular weight excluding hydrogens is 198 g/mol. The van der Waals surface area contributed by atoms with Crippen molar-refractivity contribution in [2.45, 2.75) is 19.4 Å². The first-order valence-electron chi connectivity index (χ1n) is 4.77. The first-order valence-corrected chi connectivity index (χ1v) is 4.77. The lowest BCUT2D eigenvalue weighted by Gasteiger charge is -2.19. The third-order valence-electron chi connectivity index (χ3n) is 2.81. The Hall–Kier alpha value is -1.36. The molecule has 3 N–H and O–H groups in total. The molecule has 1 saturated heterocycles. The van der Waals surface area contributed by atoms with E-state index in [4.69, 9.17) is 10.2 Å². The minimum absolute atomic E-state index is 0.0674. The molecule has 0 aliphatic carbocycles. The van der Waals surface area contributed by atoms with E-state index < -0.39 is 23.9 Å². The minimum Gasteiger partial charge on any atom is -0.481 e. The number of nitrogens with one attached hydrogen (secondary N) is 1. The van der Waals surface area contributed by atoms with Crippen molar-refractivity contribution in [1.82, 2.24) is 5.32 Å². The van der Waals surface area contributed by atoms with Crippen molar-refractivity contribution in [3.63, 3.8) is 0 Å². The quantitative estimate of drug-likeness (QED) is 0.586. The van der Waals surface area contributed by atoms with E-state index in [1.54, 1.807) is 6.92 Å². The molecule has 0 bridgehead atoms. The minimum atomic E-state index is -0.995. The van der Waals surface area contributed by atoms with Gasteiger partial charge in [-0.2, -0.15) is 0 Å². The topological polar surface area (TPSA) is 86.6 Å². The Morgan fingerprint density at radius 1 is 1.47 bits per heavy atom. The number of carboxylic acid groups (broad SMARTS) is 2. The molecule has 1 rings (SSSR count). The summed E-state index contributed by atoms with van der Waals surface area (Å²) in [7, 11) is 0. The van der Waals surface area contributed by atoms with E-state index in [9.17, 15) is 9.59 Å². The van der Waals surface area contributed by atoms with Gasteiger partial charge in [-0.15, -0.1) is 0 Å². The molecule has 5 nitrogen and oxygen atoms in total. The van der Waals surface area contributed by atoms with Gasteiger partial charge in [0.25, 0.3) is 0 Å². The maximum Gasteiger partial charge on any atom is 0.321 e. The zero-order valence-electron chi connectivity index (χ0n) is 8.56. The average molecular weight is 213 g/mol. The normalized spacial score (nSPS) is 30.1. The number of hydrogen-bond acceptors (Lipinski definition) is 3. The Morgan fingerprint density at radius 2 is 2.07 bits per heavy atom. The van der Waals surface area contributed by atoms with Crippen molar-refractivity contribution >= 4 is 11.9 Å². The average Bonchev–Trinajstić information content (AvgIpc) is 2.46. The number of carboxylic acids is 2. The van der Waals surface area contributed by atoms with Gasteiger partial charge in [0.2, 0.25) is 0 Å². The van der Waals surface area contributed by atoms with Crippen LogP contribution in [0.25, 0.3) is 0 Å². The summed E-state index contributed by atoms with van der Waals surface area (Å²) >= 11 is 0. The van der Waals surface area contributed by atoms with Crippen LogP contribution in [0.2, 0.25) is 0 Å². The van der Waals surface area contributed by atoms with Gasteiger partial charge in [-0.1, -0.05) is 12.2 Å². The lowest BCUT2D eigenvalue weighted by molar-refractivity contribution is -0.142. The molecule has 1 fully saturated rings. The molecular formula is C10H15NO4. The van der Waals surface area contributed by atoms with Gasteiger partial charge >= 0.3 is 11.9 Å². The van der Waals surface area contributed by atoms with Crippen molar-refractivity contribution < 1.29 is 19.8 Å². The van der Waals surface area contributed by atoms with Crippen LogP contribution in [-0.2, 0) is 9.59 Å². The summed E-state index contributed by atoms with van der Waals surface area (Å²) < 4.78 is 0. The molecule has 84 valence electrons. The molecule has 1 aliphatic heterocycles. The fourth-order valence-corrected chi connectivity index (χ4v) is 2.06. The first-order chi connectivity index (χ1) is 6.93. The molecule has 3 atom stereocenters. The lowest BCUT2D eigenvalue weighted by Crippen LogP contribution is -2.36. The van der Waals surface area contributed by atoms with Crippen LogP contribution in [0.5, 0.6) is 0 Å². The van der Waals surface area contributed by atoms with Crippen molar-refractivity contribution in [3.8, 4) is 0 Å². The summed E-state index contributed by atoms with van der Waals surface area (Å²) in [6.45, 7) is 6.05. The molecule has 1 unspecified atom stereocenters. The standard InChI is InChI=1S/C10H15NO4/c1-5(2)7-4-11-9(10(14)15)6(7)3-8(12)13/h6-7,9,11H,1,3-4H2,2H3,(H,12,13)(H,14,15)/t6?,7-,9-/m0/s1. The van der Waals surface area contributed by atoms with E-state index in [-0.39, 0.29) is 12.3 Å². The van der Waals surface area contributed by atoms with Crippen LogP contribution in [0.15, 0.2) is 12.2 Å². The van der Waals surface area contributed by atoms with Crippen molar-refractivity contribution in [1.29, 1.82) is 0 Å². The van der Waals surface area contributed by atoms with Gasteiger partial charge in [-0.3, -0.25) is 9.59 Å². The van der Waals surface area contributed by atoms with Crippen molar-refractivity contribution in [3.05, 3.63) is 12.2 Å². The summed E-state index contributed by atoms with van der Waals surface area (Å²) in [5.41, 5.74) is 0.831. The Labute approximate surface area is 87.8 Å². The van der Waals surface area contributed by atoms with Gasteiger partial charge in [0.05, 0.1) is 6.42 Å². The summed E-state index contributed by atoms with van der Waals surface area (Å²) in [6.07, 6.45) is -0.137. The van der Waals surface area contributed by atoms with Gasteiger partial charge in [0.15, 0.2) is 0 Å². The smallest absolute Gasteiger partial charge is 0.321 e. The maximum absolute atomic E-state index is 10.9. The summed E-state index contributed by atoms with van der Waals surface area (Å²) in [6, 6.07) is -0.775. The predicted octanol–water partition coefficient (Wildman–Crippen LogP) is 0.326. The Bertz CT molecular complexity index is 278. The zero-order chi connectivity index (χ0) is 11.6. The zero-order valence-corrected chi connectivity index (χ0v) is 8.56. The van der Waals surface area contributed by atoms with E-state index >= 15 is 0 Å². The molecule has 0 aromatic carbocycles. The monoisotopic (exact) mass is 213 g/mol. The summed E-state index contributed by atoms with van der Waals surface area (Å²) in [5.74, 6) is -2.44. The van der Waals surface area contributed by atoms with Crippen LogP contribution >= 0.6 is 0 Å². The molecule has 1 heterocycles. The van der Waals surface area contributed by atoms with Crippen LogP contribution in [0, 0.1) is 11.8 Å². The van der Waals surface area contributed by atoms with Crippen LogP contribution < -0.4 is 5.32 Å². The van der Waals surface area contributed by atoms with Crippen LogP contribution in [0.3, 0.4) is 0 Å². The highest BCUT2D eigenvalue weighted by molar-refractivity contribution is 5.76. The second kappa shape index (κ2) is 4.44. The highest BCUT2D eigenvalue weighted by Gasteiger charge is 2.41. The van der Waals surface area contributed by atoms with Crippen LogP contribution in [0.4, 0.5) is 0 Å². The highest BCUT2D eigenvalue weighted by atomic mass is 16.4. The third-order valence-corrected chi connectivity index (χ3v) is 2.81. The van der Waals surface area contributed by atoms with E-state index in [0.29, 0.717) is 6.54 Å². The predicted molar refractivity (Wildman–Crippen MR) is 53.5 cm³/mol. The van der Waals surface area contributed by atoms with Gasteiger partial charge in [0, 0.05) is 12.5 Å². The van der Waals surface area contributed by atoms with Crippen LogP contribution in [0.1, 0.15) is 13.3 Å². The second-order valence-electron chi connectivity index (χ2n) is 3.94. The molecule has 0 saturated carbocycles. The SMILES string of the molecule is C=C(C)[C@@H]1CN[C@H](C(=O)O)C1CC(=O)O. The van der Waals surface area contributed by atoms with Gasteiger partial charge < -0.3 is 15.5 Å². The van der Waals surface area contributed by atoms with Crippen LogP contribution in [-0.4, -0.2) is 34.7 Å². The number of rotatable bonds is 4. The van der Waals surface area contributed by atoms with Gasteiger partial charge in [-0.25, -0.2) is 0 Å². The number of hydrogen-bond donors (Lipinski definition) is 3. The fourth-order valence-electron chi connectivity index (χ4n) is 2.06. The number of carbonyl (C=O) groups is 2. The molecule has 5 heteroatoms. The van der Waals surface area contributed by atoms with E-state index in [2.05, 4.69) is 11.9 Å². The largest absolute Gasteiger partial charge is 0.481 e. The Balaban J connectivity index is 2.82. The molecule has 0 amide bonds. The fraction of sp³-hybridized carbons (Fsp3) is 0.600. The third kappa shape index (κ3) is 2.56. The summed E-state index contributed by atoms with van der Waals surface area (Å²) in [4.78, 5) is 21.5. The van der Waals surface area contributed by atoms with Crippen molar-refractivity contribution in [2.24, 2.45) is 11.8 Å². The van der Waals surface area contributed by atoms with Gasteiger partial charge in [-0.05, 0) is 12.8 Å². The molecule has 15 heavy (non-hydrogen) atoms. The Kier molecular flexibility index (Phi) is 3.47. The first kappa shape index (κ1) is 11.7. The van der Waals surface area contributed by atoms with E-state index in [0.717, 1.165) is 5.57 Å². The second-order valence-corrected chi connectivity index (χ2v) is 3.94. The number of aliphatic carboxylic acids is 2. The van der Waals surface area contributed by atoms with Gasteiger partial charge in [0.1, 0.15) is 6.04 Å². The molecule has 0 radical (unpaired) electrons. The molecule has 0 aromatic rings. The van der Waals surface area contributed by atoms with E-state index in [1.807, 2.05) is 0 Å². The summed E-state index contributed by atoms with van der Waals surface area (Å²) in [5, 5.41) is 20.5. The van der Waals surface area contributed by atoms with Crippen molar-refractivity contribution in [2.75, 3.05) is 6.54 Å². The highest BCUT2D eigenvalue weighted by Crippen LogP contribution is 2.30. The lowest BCUT2D eigenvalue weighted by atomic mass is 9.84. The molecule has 0 spiro atoms. The maximum atomic E-state index is 10.9.